The minimum atomic E-state index is 0.761. The number of benzene rings is 1. The monoisotopic (exact) mass is 277 g/mol. The van der Waals surface area contributed by atoms with Gasteiger partial charge in [0.05, 0.1) is 6.61 Å². The minimum absolute atomic E-state index is 0.761. The van der Waals surface area contributed by atoms with E-state index in [1.165, 1.54) is 24.2 Å². The normalized spacial score (nSPS) is 17.2. The van der Waals surface area contributed by atoms with Crippen molar-refractivity contribution >= 4 is 5.69 Å². The largest absolute Gasteiger partial charge is 0.383 e. The first kappa shape index (κ1) is 15.3. The lowest BCUT2D eigenvalue weighted by molar-refractivity contribution is 0.199. The molecule has 0 unspecified atom stereocenters. The second-order valence-corrected chi connectivity index (χ2v) is 5.44. The number of rotatable bonds is 6. The molecule has 1 saturated heterocycles. The number of nitrogens with one attached hydrogen (secondary N) is 1. The molecule has 0 amide bonds. The van der Waals surface area contributed by atoms with Crippen LogP contribution in [-0.2, 0) is 11.3 Å². The molecule has 0 atom stereocenters. The van der Waals surface area contributed by atoms with Crippen LogP contribution >= 0.6 is 0 Å². The molecule has 0 radical (unpaired) electrons. The van der Waals surface area contributed by atoms with E-state index in [0.717, 1.165) is 39.3 Å². The average molecular weight is 277 g/mol. The van der Waals surface area contributed by atoms with Gasteiger partial charge in [0.2, 0.25) is 0 Å². The predicted molar refractivity (Wildman–Crippen MR) is 84.4 cm³/mol. The molecule has 1 aromatic carbocycles. The summed E-state index contributed by atoms with van der Waals surface area (Å²) in [4.78, 5) is 4.94. The number of para-hydroxylation sites is 1. The Bertz CT molecular complexity index is 397. The van der Waals surface area contributed by atoms with Crippen LogP contribution < -0.4 is 10.2 Å². The summed E-state index contributed by atoms with van der Waals surface area (Å²) in [5.41, 5.74) is 2.76. The number of ether oxygens (including phenoxy) is 1. The lowest BCUT2D eigenvalue weighted by Crippen LogP contribution is -2.30. The van der Waals surface area contributed by atoms with Gasteiger partial charge >= 0.3 is 0 Å². The minimum Gasteiger partial charge on any atom is -0.383 e. The highest BCUT2D eigenvalue weighted by atomic mass is 16.5. The van der Waals surface area contributed by atoms with Gasteiger partial charge in [0.15, 0.2) is 0 Å². The molecule has 4 heteroatoms. The molecule has 1 aliphatic heterocycles. The maximum absolute atomic E-state index is 5.08. The van der Waals surface area contributed by atoms with Crippen molar-refractivity contribution in [3.8, 4) is 0 Å². The van der Waals surface area contributed by atoms with E-state index in [1.807, 2.05) is 0 Å². The van der Waals surface area contributed by atoms with Gasteiger partial charge in [-0.25, -0.2) is 0 Å². The SMILES string of the molecule is COCCNCc1ccccc1N1CCCN(C)CC1. The molecule has 2 rings (SSSR count). The fourth-order valence-electron chi connectivity index (χ4n) is 2.65. The van der Waals surface area contributed by atoms with Crippen molar-refractivity contribution in [2.45, 2.75) is 13.0 Å². The summed E-state index contributed by atoms with van der Waals surface area (Å²) in [6.45, 7) is 7.18. The Kier molecular flexibility index (Phi) is 6.30. The highest BCUT2D eigenvalue weighted by Crippen LogP contribution is 2.21. The van der Waals surface area contributed by atoms with Gasteiger partial charge in [0.1, 0.15) is 0 Å². The lowest BCUT2D eigenvalue weighted by Gasteiger charge is -2.25. The summed E-state index contributed by atoms with van der Waals surface area (Å²) in [5.74, 6) is 0. The summed E-state index contributed by atoms with van der Waals surface area (Å²) >= 11 is 0. The summed E-state index contributed by atoms with van der Waals surface area (Å²) < 4.78 is 5.08. The molecule has 4 nitrogen and oxygen atoms in total. The number of anilines is 1. The van der Waals surface area contributed by atoms with E-state index >= 15 is 0 Å². The van der Waals surface area contributed by atoms with Gasteiger partial charge in [-0.15, -0.1) is 0 Å². The smallest absolute Gasteiger partial charge is 0.0587 e. The molecular formula is C16H27N3O. The molecule has 112 valence electrons. The Labute approximate surface area is 122 Å². The quantitative estimate of drug-likeness (QED) is 0.799. The number of likely N-dealkylation sites (N-methyl/N-ethyl adjacent to an activating group) is 1. The van der Waals surface area contributed by atoms with Crippen molar-refractivity contribution < 1.29 is 4.74 Å². The zero-order valence-electron chi connectivity index (χ0n) is 12.8. The first-order valence-corrected chi connectivity index (χ1v) is 7.52. The fourth-order valence-corrected chi connectivity index (χ4v) is 2.65. The summed E-state index contributed by atoms with van der Waals surface area (Å²) in [6.07, 6.45) is 1.24. The van der Waals surface area contributed by atoms with Crippen LogP contribution in [0.3, 0.4) is 0 Å². The standard InChI is InChI=1S/C16H27N3O/c1-18-9-5-10-19(12-11-18)16-7-4-3-6-15(16)14-17-8-13-20-2/h3-4,6-7,17H,5,8-14H2,1-2H3. The van der Waals surface area contributed by atoms with Gasteiger partial charge < -0.3 is 19.9 Å². The van der Waals surface area contributed by atoms with Crippen molar-refractivity contribution in [1.82, 2.24) is 10.2 Å². The highest BCUT2D eigenvalue weighted by Gasteiger charge is 2.14. The van der Waals surface area contributed by atoms with Crippen molar-refractivity contribution in [3.05, 3.63) is 29.8 Å². The average Bonchev–Trinajstić information content (AvgIpc) is 2.69. The molecule has 0 aromatic heterocycles. The van der Waals surface area contributed by atoms with Crippen molar-refractivity contribution in [1.29, 1.82) is 0 Å². The third kappa shape index (κ3) is 4.47. The predicted octanol–water partition coefficient (Wildman–Crippen LogP) is 1.56. The number of methoxy groups -OCH3 is 1. The van der Waals surface area contributed by atoms with Gasteiger partial charge in [0.25, 0.3) is 0 Å². The number of hydrogen-bond donors (Lipinski definition) is 1. The van der Waals surface area contributed by atoms with Crippen LogP contribution in [0.4, 0.5) is 5.69 Å². The van der Waals surface area contributed by atoms with E-state index in [4.69, 9.17) is 4.74 Å². The maximum atomic E-state index is 5.08. The first-order chi connectivity index (χ1) is 9.81. The first-order valence-electron chi connectivity index (χ1n) is 7.52. The van der Waals surface area contributed by atoms with Crippen molar-refractivity contribution in [2.75, 3.05) is 58.4 Å². The van der Waals surface area contributed by atoms with E-state index in [-0.39, 0.29) is 0 Å². The van der Waals surface area contributed by atoms with E-state index in [9.17, 15) is 0 Å². The maximum Gasteiger partial charge on any atom is 0.0587 e. The van der Waals surface area contributed by atoms with E-state index in [0.29, 0.717) is 0 Å². The summed E-state index contributed by atoms with van der Waals surface area (Å²) in [5, 5.41) is 3.44. The molecule has 0 spiro atoms. The fraction of sp³-hybridized carbons (Fsp3) is 0.625. The van der Waals surface area contributed by atoms with Crippen LogP contribution in [-0.4, -0.2) is 58.4 Å². The van der Waals surface area contributed by atoms with Crippen LogP contribution in [0.1, 0.15) is 12.0 Å². The molecule has 20 heavy (non-hydrogen) atoms. The van der Waals surface area contributed by atoms with Crippen molar-refractivity contribution in [3.63, 3.8) is 0 Å². The molecular weight excluding hydrogens is 250 g/mol. The third-order valence-electron chi connectivity index (χ3n) is 3.85. The van der Waals surface area contributed by atoms with E-state index < -0.39 is 0 Å². The Morgan fingerprint density at radius 2 is 2.00 bits per heavy atom. The lowest BCUT2D eigenvalue weighted by atomic mass is 10.1. The highest BCUT2D eigenvalue weighted by molar-refractivity contribution is 5.53. The van der Waals surface area contributed by atoms with E-state index in [2.05, 4.69) is 46.4 Å². The topological polar surface area (TPSA) is 27.7 Å². The van der Waals surface area contributed by atoms with Gasteiger partial charge in [-0.1, -0.05) is 18.2 Å². The van der Waals surface area contributed by atoms with Gasteiger partial charge in [-0.05, 0) is 31.6 Å². The van der Waals surface area contributed by atoms with Gasteiger partial charge in [-0.2, -0.15) is 0 Å². The van der Waals surface area contributed by atoms with Gasteiger partial charge in [-0.3, -0.25) is 0 Å². The molecule has 1 aromatic rings. The Hall–Kier alpha value is -1.10. The van der Waals surface area contributed by atoms with Gasteiger partial charge in [0, 0.05) is 45.5 Å². The number of hydrogen-bond acceptors (Lipinski definition) is 4. The van der Waals surface area contributed by atoms with Crippen LogP contribution in [0.15, 0.2) is 24.3 Å². The van der Waals surface area contributed by atoms with Crippen LogP contribution in [0.5, 0.6) is 0 Å². The molecule has 0 saturated carbocycles. The zero-order valence-corrected chi connectivity index (χ0v) is 12.8. The van der Waals surface area contributed by atoms with Crippen LogP contribution in [0.25, 0.3) is 0 Å². The molecule has 1 fully saturated rings. The molecule has 1 N–H and O–H groups in total. The second kappa shape index (κ2) is 8.25. The Balaban J connectivity index is 1.99. The second-order valence-electron chi connectivity index (χ2n) is 5.44. The van der Waals surface area contributed by atoms with Crippen LogP contribution in [0.2, 0.25) is 0 Å². The molecule has 0 bridgehead atoms. The zero-order chi connectivity index (χ0) is 14.2. The summed E-state index contributed by atoms with van der Waals surface area (Å²) in [7, 11) is 3.95. The summed E-state index contributed by atoms with van der Waals surface area (Å²) in [6, 6.07) is 8.74. The van der Waals surface area contributed by atoms with Crippen molar-refractivity contribution in [2.24, 2.45) is 0 Å². The third-order valence-corrected chi connectivity index (χ3v) is 3.85. The Morgan fingerprint density at radius 3 is 2.85 bits per heavy atom. The number of nitrogens with zero attached hydrogens (tertiary/aromatic N) is 2. The van der Waals surface area contributed by atoms with E-state index in [1.54, 1.807) is 7.11 Å². The molecule has 1 aliphatic rings. The molecule has 1 heterocycles. The Morgan fingerprint density at radius 1 is 1.15 bits per heavy atom. The molecule has 0 aliphatic carbocycles. The van der Waals surface area contributed by atoms with Crippen LogP contribution in [0, 0.1) is 0 Å².